The van der Waals surface area contributed by atoms with Gasteiger partial charge >= 0.3 is 0 Å². The summed E-state index contributed by atoms with van der Waals surface area (Å²) in [7, 11) is 3.14. The summed E-state index contributed by atoms with van der Waals surface area (Å²) in [6.45, 7) is 0.326. The van der Waals surface area contributed by atoms with Crippen LogP contribution in [0.25, 0.3) is 0 Å². The molecule has 31 heavy (non-hydrogen) atoms. The van der Waals surface area contributed by atoms with E-state index in [2.05, 4.69) is 10.3 Å². The van der Waals surface area contributed by atoms with Crippen LogP contribution in [0.1, 0.15) is 12.0 Å². The highest BCUT2D eigenvalue weighted by Crippen LogP contribution is 2.55. The van der Waals surface area contributed by atoms with Crippen molar-refractivity contribution in [3.05, 3.63) is 78.4 Å². The van der Waals surface area contributed by atoms with Gasteiger partial charge in [0.2, 0.25) is 11.9 Å². The van der Waals surface area contributed by atoms with E-state index in [4.69, 9.17) is 14.2 Å². The number of nitrogens with one attached hydrogen (secondary N) is 1. The highest BCUT2D eigenvalue weighted by atomic mass is 19.1. The van der Waals surface area contributed by atoms with E-state index < -0.39 is 11.4 Å². The third-order valence-electron chi connectivity index (χ3n) is 5.59. The van der Waals surface area contributed by atoms with Gasteiger partial charge in [0.05, 0.1) is 38.6 Å². The molecule has 2 aromatic carbocycles. The van der Waals surface area contributed by atoms with Gasteiger partial charge in [-0.25, -0.2) is 4.98 Å². The molecule has 4 rings (SSSR count). The molecular weight excluding hydrogens is 399 g/mol. The van der Waals surface area contributed by atoms with E-state index in [1.54, 1.807) is 26.4 Å². The van der Waals surface area contributed by atoms with E-state index >= 15 is 0 Å². The van der Waals surface area contributed by atoms with E-state index in [0.717, 1.165) is 5.56 Å². The number of hydrogen-bond donors (Lipinski definition) is 1. The summed E-state index contributed by atoms with van der Waals surface area (Å²) in [5, 5.41) is 2.83. The predicted molar refractivity (Wildman–Crippen MR) is 114 cm³/mol. The standard InChI is InChI=1S/C24H23FN2O4/c1-29-20-10-9-18(12-21(20)30-2)31-15-24(16-6-4-3-5-7-16)13-19(24)23(28)27-17-8-11-22(25)26-14-17/h3-12,14,19H,13,15H2,1-2H3,(H,27,28). The van der Waals surface area contributed by atoms with Gasteiger partial charge in [-0.2, -0.15) is 4.39 Å². The molecule has 6 nitrogen and oxygen atoms in total. The molecule has 1 saturated carbocycles. The lowest BCUT2D eigenvalue weighted by atomic mass is 9.93. The second kappa shape index (κ2) is 8.63. The van der Waals surface area contributed by atoms with Gasteiger partial charge in [0.1, 0.15) is 5.75 Å². The molecule has 0 bridgehead atoms. The van der Waals surface area contributed by atoms with Gasteiger partial charge in [0, 0.05) is 11.5 Å². The molecule has 3 aromatic rings. The van der Waals surface area contributed by atoms with Crippen molar-refractivity contribution in [1.82, 2.24) is 4.98 Å². The number of hydrogen-bond acceptors (Lipinski definition) is 5. The number of rotatable bonds is 8. The lowest BCUT2D eigenvalue weighted by molar-refractivity contribution is -0.117. The monoisotopic (exact) mass is 422 g/mol. The molecule has 1 heterocycles. The van der Waals surface area contributed by atoms with E-state index in [9.17, 15) is 9.18 Å². The molecule has 1 fully saturated rings. The van der Waals surface area contributed by atoms with Gasteiger partial charge in [0.15, 0.2) is 11.5 Å². The number of halogens is 1. The minimum Gasteiger partial charge on any atom is -0.493 e. The number of ether oxygens (including phenoxy) is 3. The molecule has 0 spiro atoms. The third kappa shape index (κ3) is 4.30. The van der Waals surface area contributed by atoms with Crippen molar-refractivity contribution in [1.29, 1.82) is 0 Å². The van der Waals surface area contributed by atoms with Crippen LogP contribution in [0.4, 0.5) is 10.1 Å². The molecule has 7 heteroatoms. The summed E-state index contributed by atoms with van der Waals surface area (Å²) in [6, 6.07) is 17.9. The summed E-state index contributed by atoms with van der Waals surface area (Å²) in [6.07, 6.45) is 1.95. The smallest absolute Gasteiger partial charge is 0.228 e. The zero-order valence-corrected chi connectivity index (χ0v) is 17.3. The zero-order valence-electron chi connectivity index (χ0n) is 17.3. The average Bonchev–Trinajstić information content (AvgIpc) is 3.56. The minimum absolute atomic E-state index is 0.145. The lowest BCUT2D eigenvalue weighted by Gasteiger charge is -2.19. The molecule has 2 atom stereocenters. The number of benzene rings is 2. The maximum absolute atomic E-state index is 13.0. The first-order chi connectivity index (χ1) is 15.1. The van der Waals surface area contributed by atoms with Crippen LogP contribution in [0.15, 0.2) is 66.9 Å². The van der Waals surface area contributed by atoms with Gasteiger partial charge in [-0.3, -0.25) is 4.79 Å². The second-order valence-corrected chi connectivity index (χ2v) is 7.44. The maximum atomic E-state index is 13.0. The molecule has 1 N–H and O–H groups in total. The number of carbonyl (C=O) groups is 1. The minimum atomic E-state index is -0.591. The number of nitrogens with zero attached hydrogens (tertiary/aromatic N) is 1. The van der Waals surface area contributed by atoms with Crippen molar-refractivity contribution >= 4 is 11.6 Å². The highest BCUT2D eigenvalue weighted by molar-refractivity contribution is 5.96. The maximum Gasteiger partial charge on any atom is 0.228 e. The summed E-state index contributed by atoms with van der Waals surface area (Å²) in [5.41, 5.74) is 1.04. The van der Waals surface area contributed by atoms with Crippen LogP contribution in [-0.2, 0) is 10.2 Å². The van der Waals surface area contributed by atoms with Crippen molar-refractivity contribution in [3.63, 3.8) is 0 Å². The quantitative estimate of drug-likeness (QED) is 0.551. The van der Waals surface area contributed by atoms with E-state index in [-0.39, 0.29) is 11.8 Å². The van der Waals surface area contributed by atoms with Crippen LogP contribution in [0.5, 0.6) is 17.2 Å². The van der Waals surface area contributed by atoms with Crippen LogP contribution in [-0.4, -0.2) is 31.7 Å². The molecule has 1 aliphatic rings. The van der Waals surface area contributed by atoms with E-state index in [0.29, 0.717) is 36.0 Å². The molecule has 0 aliphatic heterocycles. The number of methoxy groups -OCH3 is 2. The van der Waals surface area contributed by atoms with Crippen LogP contribution >= 0.6 is 0 Å². The fraction of sp³-hybridized carbons (Fsp3) is 0.250. The first kappa shape index (κ1) is 20.7. The molecule has 160 valence electrons. The summed E-state index contributed by atoms with van der Waals surface area (Å²) in [4.78, 5) is 16.5. The summed E-state index contributed by atoms with van der Waals surface area (Å²) in [5.74, 6) is 0.799. The number of carbonyl (C=O) groups excluding carboxylic acids is 1. The van der Waals surface area contributed by atoms with Crippen molar-refractivity contribution in [2.24, 2.45) is 5.92 Å². The molecule has 0 radical (unpaired) electrons. The Morgan fingerprint density at radius 1 is 1.10 bits per heavy atom. The number of aromatic nitrogens is 1. The van der Waals surface area contributed by atoms with E-state index in [1.165, 1.54) is 18.3 Å². The predicted octanol–water partition coefficient (Wildman–Crippen LogP) is 4.21. The third-order valence-corrected chi connectivity index (χ3v) is 5.59. The van der Waals surface area contributed by atoms with Crippen LogP contribution in [0, 0.1) is 11.9 Å². The first-order valence-electron chi connectivity index (χ1n) is 9.88. The molecule has 1 amide bonds. The van der Waals surface area contributed by atoms with Gasteiger partial charge in [-0.05, 0) is 36.2 Å². The van der Waals surface area contributed by atoms with Gasteiger partial charge in [0.25, 0.3) is 0 Å². The van der Waals surface area contributed by atoms with Gasteiger partial charge in [-0.1, -0.05) is 30.3 Å². The summed E-state index contributed by atoms with van der Waals surface area (Å²) < 4.78 is 29.8. The van der Waals surface area contributed by atoms with E-state index in [1.807, 2.05) is 36.4 Å². The molecule has 1 aliphatic carbocycles. The van der Waals surface area contributed by atoms with Gasteiger partial charge < -0.3 is 19.5 Å². The number of anilines is 1. The fourth-order valence-corrected chi connectivity index (χ4v) is 3.78. The fourth-order valence-electron chi connectivity index (χ4n) is 3.78. The molecular formula is C24H23FN2O4. The van der Waals surface area contributed by atoms with Crippen molar-refractivity contribution in [2.45, 2.75) is 11.8 Å². The lowest BCUT2D eigenvalue weighted by Crippen LogP contribution is -2.26. The van der Waals surface area contributed by atoms with Crippen molar-refractivity contribution in [3.8, 4) is 17.2 Å². The molecule has 2 unspecified atom stereocenters. The Balaban J connectivity index is 1.52. The molecule has 1 aromatic heterocycles. The number of pyridine rings is 1. The highest BCUT2D eigenvalue weighted by Gasteiger charge is 2.60. The SMILES string of the molecule is COc1ccc(OCC2(c3ccccc3)CC2C(=O)Nc2ccc(F)nc2)cc1OC. The van der Waals surface area contributed by atoms with Crippen LogP contribution < -0.4 is 19.5 Å². The normalized spacial score (nSPS) is 19.4. The van der Waals surface area contributed by atoms with Crippen LogP contribution in [0.3, 0.4) is 0 Å². The molecule has 0 saturated heterocycles. The zero-order chi connectivity index (χ0) is 21.8. The van der Waals surface area contributed by atoms with Crippen molar-refractivity contribution in [2.75, 3.05) is 26.1 Å². The Kier molecular flexibility index (Phi) is 5.75. The Morgan fingerprint density at radius 2 is 1.87 bits per heavy atom. The second-order valence-electron chi connectivity index (χ2n) is 7.44. The Hall–Kier alpha value is -3.61. The van der Waals surface area contributed by atoms with Crippen molar-refractivity contribution < 1.29 is 23.4 Å². The average molecular weight is 422 g/mol. The Bertz CT molecular complexity index is 1060. The Labute approximate surface area is 180 Å². The van der Waals surface area contributed by atoms with Gasteiger partial charge in [-0.15, -0.1) is 0 Å². The Morgan fingerprint density at radius 3 is 2.55 bits per heavy atom. The topological polar surface area (TPSA) is 69.7 Å². The first-order valence-corrected chi connectivity index (χ1v) is 9.88. The summed E-state index contributed by atoms with van der Waals surface area (Å²) >= 11 is 0. The number of amides is 1. The van der Waals surface area contributed by atoms with Crippen LogP contribution in [0.2, 0.25) is 0 Å². The largest absolute Gasteiger partial charge is 0.493 e.